The van der Waals surface area contributed by atoms with E-state index in [0.29, 0.717) is 40.9 Å². The van der Waals surface area contributed by atoms with Crippen molar-refractivity contribution in [2.45, 2.75) is 20.4 Å². The number of tetrazole rings is 1. The molecule has 0 saturated heterocycles. The van der Waals surface area contributed by atoms with Crippen LogP contribution in [-0.2, 0) is 11.3 Å². The van der Waals surface area contributed by atoms with Gasteiger partial charge in [-0.15, -0.1) is 4.79 Å². The zero-order valence-electron chi connectivity index (χ0n) is 16.6. The molecule has 1 aromatic heterocycles. The van der Waals surface area contributed by atoms with Crippen molar-refractivity contribution in [2.75, 3.05) is 29.7 Å². The molecule has 30 heavy (non-hydrogen) atoms. The summed E-state index contributed by atoms with van der Waals surface area (Å²) in [6.07, 6.45) is 0. The van der Waals surface area contributed by atoms with Crippen LogP contribution in [0.3, 0.4) is 0 Å². The van der Waals surface area contributed by atoms with Crippen LogP contribution in [0.2, 0.25) is 5.02 Å². The summed E-state index contributed by atoms with van der Waals surface area (Å²) in [5.41, 5.74) is 11.1. The molecule has 3 aromatic rings. The van der Waals surface area contributed by atoms with Crippen LogP contribution in [0.15, 0.2) is 36.4 Å². The lowest BCUT2D eigenvalue weighted by Gasteiger charge is -2.15. The molecule has 0 aliphatic carbocycles. The maximum atomic E-state index is 12.2. The Hall–Kier alpha value is -3.53. The van der Waals surface area contributed by atoms with Gasteiger partial charge in [0, 0.05) is 16.8 Å². The lowest BCUT2D eigenvalue weighted by atomic mass is 10.2. The molecule has 0 fully saturated rings. The lowest BCUT2D eigenvalue weighted by molar-refractivity contribution is -0.118. The maximum absolute atomic E-state index is 12.2. The van der Waals surface area contributed by atoms with Gasteiger partial charge in [-0.1, -0.05) is 34.4 Å². The molecule has 0 aliphatic rings. The molecule has 3 rings (SSSR count). The van der Waals surface area contributed by atoms with Crippen molar-refractivity contribution < 1.29 is 14.3 Å². The standard InChI is InChI=1S/C19H22ClN7O3/c1-3-29-16-8-13(10-22-27-19(21)24-25-26-27)15(20)9-17(16)30-11-18(28)23-14-6-4-12(2)5-7-14/h4-9,22H,3,10-11H2,1-2H3,(H,23,28)(H2,21,24,26). The molecule has 0 atom stereocenters. The summed E-state index contributed by atoms with van der Waals surface area (Å²) < 4.78 is 11.3. The number of hydrogen-bond donors (Lipinski definition) is 3. The minimum absolute atomic E-state index is 0.121. The van der Waals surface area contributed by atoms with Crippen LogP contribution >= 0.6 is 11.6 Å². The molecule has 0 radical (unpaired) electrons. The number of nitrogen functional groups attached to an aromatic ring is 1. The third-order valence-electron chi connectivity index (χ3n) is 4.02. The van der Waals surface area contributed by atoms with Crippen molar-refractivity contribution in [3.8, 4) is 11.5 Å². The lowest BCUT2D eigenvalue weighted by Crippen LogP contribution is -2.20. The van der Waals surface area contributed by atoms with Crippen molar-refractivity contribution in [3.05, 3.63) is 52.5 Å². The first-order chi connectivity index (χ1) is 14.5. The number of aromatic nitrogens is 4. The molecule has 11 heteroatoms. The molecular formula is C19H22ClN7O3. The summed E-state index contributed by atoms with van der Waals surface area (Å²) >= 11 is 6.37. The van der Waals surface area contributed by atoms with E-state index in [2.05, 4.69) is 26.3 Å². The predicted octanol–water partition coefficient (Wildman–Crippen LogP) is 2.38. The number of rotatable bonds is 9. The first-order valence-electron chi connectivity index (χ1n) is 9.18. The topological polar surface area (TPSA) is 129 Å². The number of ether oxygens (including phenoxy) is 2. The van der Waals surface area contributed by atoms with E-state index >= 15 is 0 Å². The third kappa shape index (κ3) is 5.51. The average Bonchev–Trinajstić information content (AvgIpc) is 3.13. The fraction of sp³-hybridized carbons (Fsp3) is 0.263. The fourth-order valence-electron chi connectivity index (χ4n) is 2.54. The molecule has 2 aromatic carbocycles. The van der Waals surface area contributed by atoms with Crippen LogP contribution in [0.1, 0.15) is 18.1 Å². The Morgan fingerprint density at radius 3 is 2.60 bits per heavy atom. The second-order valence-electron chi connectivity index (χ2n) is 6.31. The normalized spacial score (nSPS) is 10.5. The Morgan fingerprint density at radius 2 is 1.93 bits per heavy atom. The molecule has 158 valence electrons. The summed E-state index contributed by atoms with van der Waals surface area (Å²) in [6.45, 7) is 4.35. The van der Waals surface area contributed by atoms with Crippen molar-refractivity contribution >= 4 is 29.1 Å². The Balaban J connectivity index is 1.66. The van der Waals surface area contributed by atoms with Crippen molar-refractivity contribution in [3.63, 3.8) is 0 Å². The summed E-state index contributed by atoms with van der Waals surface area (Å²) in [7, 11) is 0. The van der Waals surface area contributed by atoms with Crippen molar-refractivity contribution in [1.82, 2.24) is 20.3 Å². The zero-order valence-corrected chi connectivity index (χ0v) is 17.3. The van der Waals surface area contributed by atoms with Crippen LogP contribution < -0.4 is 25.9 Å². The first kappa shape index (κ1) is 21.2. The number of aryl methyl sites for hydroxylation is 1. The monoisotopic (exact) mass is 431 g/mol. The zero-order chi connectivity index (χ0) is 21.5. The van der Waals surface area contributed by atoms with Crippen LogP contribution in [0.4, 0.5) is 11.6 Å². The van der Waals surface area contributed by atoms with Gasteiger partial charge in [-0.05, 0) is 48.0 Å². The van der Waals surface area contributed by atoms with E-state index in [4.69, 9.17) is 26.8 Å². The van der Waals surface area contributed by atoms with Gasteiger partial charge < -0.3 is 25.9 Å². The minimum atomic E-state index is -0.294. The van der Waals surface area contributed by atoms with Crippen molar-refractivity contribution in [1.29, 1.82) is 0 Å². The minimum Gasteiger partial charge on any atom is -0.490 e. The average molecular weight is 432 g/mol. The fourth-order valence-corrected chi connectivity index (χ4v) is 2.76. The summed E-state index contributed by atoms with van der Waals surface area (Å²) in [4.78, 5) is 13.4. The number of nitrogens with zero attached hydrogens (tertiary/aromatic N) is 4. The SMILES string of the molecule is CCOc1cc(CNn2nnnc2N)c(Cl)cc1OCC(=O)Nc1ccc(C)cc1. The number of amides is 1. The van der Waals surface area contributed by atoms with Gasteiger partial charge in [0.2, 0.25) is 0 Å². The molecule has 1 heterocycles. The second kappa shape index (κ2) is 9.79. The Morgan fingerprint density at radius 1 is 1.20 bits per heavy atom. The maximum Gasteiger partial charge on any atom is 0.262 e. The van der Waals surface area contributed by atoms with Gasteiger partial charge in [-0.25, -0.2) is 0 Å². The molecule has 10 nitrogen and oxygen atoms in total. The number of carbonyl (C=O) groups is 1. The number of hydrogen-bond acceptors (Lipinski definition) is 8. The van der Waals surface area contributed by atoms with E-state index in [9.17, 15) is 4.79 Å². The number of benzene rings is 2. The molecular weight excluding hydrogens is 410 g/mol. The van der Waals surface area contributed by atoms with Gasteiger partial charge in [0.25, 0.3) is 11.9 Å². The number of anilines is 2. The van der Waals surface area contributed by atoms with Crippen LogP contribution in [0, 0.1) is 6.92 Å². The Bertz CT molecular complexity index is 1010. The van der Waals surface area contributed by atoms with E-state index in [1.54, 1.807) is 12.1 Å². The molecule has 0 saturated carbocycles. The highest BCUT2D eigenvalue weighted by atomic mass is 35.5. The predicted molar refractivity (Wildman–Crippen MR) is 113 cm³/mol. The van der Waals surface area contributed by atoms with Gasteiger partial charge in [0.05, 0.1) is 13.2 Å². The summed E-state index contributed by atoms with van der Waals surface area (Å²) in [5, 5.41) is 13.9. The smallest absolute Gasteiger partial charge is 0.262 e. The molecule has 1 amide bonds. The molecule has 0 spiro atoms. The van der Waals surface area contributed by atoms with Gasteiger partial charge in [0.1, 0.15) is 0 Å². The van der Waals surface area contributed by atoms with Crippen LogP contribution in [0.5, 0.6) is 11.5 Å². The van der Waals surface area contributed by atoms with Gasteiger partial charge in [-0.3, -0.25) is 4.79 Å². The van der Waals surface area contributed by atoms with Crippen LogP contribution in [-0.4, -0.2) is 39.4 Å². The summed E-state index contributed by atoms with van der Waals surface area (Å²) in [6, 6.07) is 10.8. The highest BCUT2D eigenvalue weighted by Crippen LogP contribution is 2.34. The Kier molecular flexibility index (Phi) is 6.91. The van der Waals surface area contributed by atoms with E-state index in [0.717, 1.165) is 5.56 Å². The number of nitrogens with one attached hydrogen (secondary N) is 2. The number of halogens is 1. The second-order valence-corrected chi connectivity index (χ2v) is 6.72. The first-order valence-corrected chi connectivity index (χ1v) is 9.56. The Labute approximate surface area is 178 Å². The number of nitrogens with two attached hydrogens (primary N) is 1. The molecule has 0 aliphatic heterocycles. The largest absolute Gasteiger partial charge is 0.490 e. The van der Waals surface area contributed by atoms with E-state index < -0.39 is 0 Å². The molecule has 0 bridgehead atoms. The molecule has 0 unspecified atom stereocenters. The van der Waals surface area contributed by atoms with Crippen molar-refractivity contribution in [2.24, 2.45) is 0 Å². The highest BCUT2D eigenvalue weighted by molar-refractivity contribution is 6.31. The van der Waals surface area contributed by atoms with Gasteiger partial charge in [0.15, 0.2) is 18.1 Å². The van der Waals surface area contributed by atoms with Gasteiger partial charge >= 0.3 is 0 Å². The third-order valence-corrected chi connectivity index (χ3v) is 4.37. The highest BCUT2D eigenvalue weighted by Gasteiger charge is 2.14. The van der Waals surface area contributed by atoms with Gasteiger partial charge in [-0.2, -0.15) is 0 Å². The number of carbonyl (C=O) groups excluding carboxylic acids is 1. The summed E-state index contributed by atoms with van der Waals surface area (Å²) in [5.74, 6) is 0.658. The van der Waals surface area contributed by atoms with E-state index in [1.165, 1.54) is 4.79 Å². The van der Waals surface area contributed by atoms with Crippen LogP contribution in [0.25, 0.3) is 0 Å². The quantitative estimate of drug-likeness (QED) is 0.471. The van der Waals surface area contributed by atoms with E-state index in [1.807, 2.05) is 38.1 Å². The molecule has 4 N–H and O–H groups in total. The van der Waals surface area contributed by atoms with E-state index in [-0.39, 0.29) is 18.5 Å².